The second kappa shape index (κ2) is 11.2. The lowest BCUT2D eigenvalue weighted by Crippen LogP contribution is -2.49. The molecule has 11 heteroatoms. The lowest BCUT2D eigenvalue weighted by molar-refractivity contribution is -0.139. The van der Waals surface area contributed by atoms with Crippen LogP contribution in [0.3, 0.4) is 0 Å². The predicted molar refractivity (Wildman–Crippen MR) is 159 cm³/mol. The summed E-state index contributed by atoms with van der Waals surface area (Å²) in [5.74, 6) is -3.32. The van der Waals surface area contributed by atoms with Gasteiger partial charge in [-0.3, -0.25) is 9.59 Å². The van der Waals surface area contributed by atoms with Crippen molar-refractivity contribution in [3.63, 3.8) is 0 Å². The van der Waals surface area contributed by atoms with E-state index in [4.69, 9.17) is 33.0 Å². The van der Waals surface area contributed by atoms with Gasteiger partial charge in [0.2, 0.25) is 11.8 Å². The van der Waals surface area contributed by atoms with Crippen molar-refractivity contribution in [1.82, 2.24) is 5.32 Å². The summed E-state index contributed by atoms with van der Waals surface area (Å²) < 4.78 is 21.0. The highest BCUT2D eigenvalue weighted by Gasteiger charge is 2.66. The van der Waals surface area contributed by atoms with Crippen LogP contribution in [0.15, 0.2) is 60.7 Å². The van der Waals surface area contributed by atoms with Gasteiger partial charge in [-0.05, 0) is 65.4 Å². The number of halogens is 3. The molecular formula is C31H30Cl2FN3O5. The number of hydrogen-bond donors (Lipinski definition) is 4. The van der Waals surface area contributed by atoms with Gasteiger partial charge in [-0.15, -0.1) is 0 Å². The van der Waals surface area contributed by atoms with Gasteiger partial charge in [0, 0.05) is 28.4 Å². The molecule has 8 nitrogen and oxygen atoms in total. The van der Waals surface area contributed by atoms with Crippen molar-refractivity contribution in [3.8, 4) is 5.75 Å². The normalized spacial score (nSPS) is 23.0. The summed E-state index contributed by atoms with van der Waals surface area (Å²) in [5.41, 5.74) is 0.0502. The molecule has 1 saturated heterocycles. The Bertz CT molecular complexity index is 1560. The highest BCUT2D eigenvalue weighted by molar-refractivity contribution is 6.31. The molecule has 2 aliphatic rings. The van der Waals surface area contributed by atoms with E-state index in [1.54, 1.807) is 42.5 Å². The summed E-state index contributed by atoms with van der Waals surface area (Å²) in [7, 11) is 0. The SMILES string of the molecule is CC(C)(C)C[C@@H]1N[C@@H](C(=O)Nc2ccc(OCC(=O)O)cc2)[C@H](c2cccc(Cl)c2F)[C@]12C(=O)Nc1cc(Cl)ccc12. The van der Waals surface area contributed by atoms with Gasteiger partial charge in [-0.1, -0.05) is 62.2 Å². The van der Waals surface area contributed by atoms with E-state index in [1.807, 2.05) is 20.8 Å². The number of benzene rings is 3. The Morgan fingerprint density at radius 2 is 1.81 bits per heavy atom. The number of carbonyl (C=O) groups excluding carboxylic acids is 2. The number of nitrogens with one attached hydrogen (secondary N) is 3. The molecule has 0 aromatic heterocycles. The first-order valence-corrected chi connectivity index (χ1v) is 14.1. The van der Waals surface area contributed by atoms with E-state index in [-0.39, 0.29) is 21.9 Å². The zero-order valence-electron chi connectivity index (χ0n) is 23.1. The maximum Gasteiger partial charge on any atom is 0.341 e. The van der Waals surface area contributed by atoms with Crippen molar-refractivity contribution in [2.75, 3.05) is 17.2 Å². The summed E-state index contributed by atoms with van der Waals surface area (Å²) in [6.45, 7) is 5.60. The predicted octanol–water partition coefficient (Wildman–Crippen LogP) is 5.98. The van der Waals surface area contributed by atoms with Crippen molar-refractivity contribution in [1.29, 1.82) is 0 Å². The first kappa shape index (κ1) is 29.8. The fraction of sp³-hybridized carbons (Fsp3) is 0.323. The van der Waals surface area contributed by atoms with Gasteiger partial charge in [0.15, 0.2) is 6.61 Å². The van der Waals surface area contributed by atoms with Crippen molar-refractivity contribution in [3.05, 3.63) is 87.7 Å². The molecular weight excluding hydrogens is 584 g/mol. The molecule has 3 aromatic rings. The highest BCUT2D eigenvalue weighted by Crippen LogP contribution is 2.57. The van der Waals surface area contributed by atoms with E-state index in [1.165, 1.54) is 18.2 Å². The molecule has 1 spiro atoms. The molecule has 2 amide bonds. The minimum atomic E-state index is -1.37. The van der Waals surface area contributed by atoms with Crippen LogP contribution in [0.5, 0.6) is 5.75 Å². The second-order valence-corrected chi connectivity index (χ2v) is 12.6. The van der Waals surface area contributed by atoms with Crippen molar-refractivity contribution in [2.45, 2.75) is 50.6 Å². The fourth-order valence-electron chi connectivity index (χ4n) is 6.15. The fourth-order valence-corrected chi connectivity index (χ4v) is 6.51. The maximum absolute atomic E-state index is 15.9. The van der Waals surface area contributed by atoms with Crippen LogP contribution in [0.25, 0.3) is 0 Å². The molecule has 0 bridgehead atoms. The maximum atomic E-state index is 15.9. The second-order valence-electron chi connectivity index (χ2n) is 11.8. The molecule has 1 fully saturated rings. The molecule has 4 N–H and O–H groups in total. The van der Waals surface area contributed by atoms with E-state index in [0.717, 1.165) is 0 Å². The van der Waals surface area contributed by atoms with Crippen molar-refractivity contribution >= 4 is 52.4 Å². The summed E-state index contributed by atoms with van der Waals surface area (Å²) in [6.07, 6.45) is 0.487. The van der Waals surface area contributed by atoms with E-state index in [0.29, 0.717) is 34.1 Å². The standard InChI is InChI=1S/C31H30Cl2FN3O5/c1-30(2,3)14-23-31(20-12-7-16(32)13-22(20)36-29(31)41)25(19-5-4-6-21(33)26(19)34)27(37-23)28(40)35-17-8-10-18(11-9-17)42-15-24(38)39/h4-13,23,25,27,37H,14-15H2,1-3H3,(H,35,40)(H,36,41)(H,38,39)/t23-,25-,27+,31+/m0/s1. The van der Waals surface area contributed by atoms with Crippen LogP contribution in [0.1, 0.15) is 44.2 Å². The van der Waals surface area contributed by atoms with Crippen LogP contribution in [0, 0.1) is 11.2 Å². The molecule has 0 radical (unpaired) electrons. The molecule has 220 valence electrons. The number of anilines is 2. The third-order valence-corrected chi connectivity index (χ3v) is 8.23. The molecule has 5 rings (SSSR count). The number of rotatable bonds is 7. The highest BCUT2D eigenvalue weighted by atomic mass is 35.5. The lowest BCUT2D eigenvalue weighted by atomic mass is 9.62. The number of carboxylic acid groups (broad SMARTS) is 1. The summed E-state index contributed by atoms with van der Waals surface area (Å²) in [4.78, 5) is 39.0. The van der Waals surface area contributed by atoms with Gasteiger partial charge in [0.1, 0.15) is 17.0 Å². The van der Waals surface area contributed by atoms with Crippen LogP contribution in [0.4, 0.5) is 15.8 Å². The van der Waals surface area contributed by atoms with Crippen molar-refractivity contribution < 1.29 is 28.6 Å². The Balaban J connectivity index is 1.62. The first-order valence-electron chi connectivity index (χ1n) is 13.4. The number of amides is 2. The number of carboxylic acids is 1. The molecule has 2 aliphatic heterocycles. The minimum absolute atomic E-state index is 0.118. The molecule has 2 heterocycles. The van der Waals surface area contributed by atoms with Crippen LogP contribution < -0.4 is 20.7 Å². The number of hydrogen-bond acceptors (Lipinski definition) is 5. The average Bonchev–Trinajstić information content (AvgIpc) is 3.38. The van der Waals surface area contributed by atoms with Crippen LogP contribution in [-0.2, 0) is 19.8 Å². The Morgan fingerprint density at radius 1 is 1.10 bits per heavy atom. The Labute approximate surface area is 252 Å². The molecule has 0 saturated carbocycles. The summed E-state index contributed by atoms with van der Waals surface area (Å²) in [6, 6.07) is 14.3. The Hall–Kier alpha value is -3.66. The van der Waals surface area contributed by atoms with Gasteiger partial charge < -0.3 is 25.8 Å². The van der Waals surface area contributed by atoms with Gasteiger partial charge in [0.25, 0.3) is 0 Å². The van der Waals surface area contributed by atoms with Gasteiger partial charge in [0.05, 0.1) is 11.1 Å². The summed E-state index contributed by atoms with van der Waals surface area (Å²) >= 11 is 12.5. The van der Waals surface area contributed by atoms with Gasteiger partial charge >= 0.3 is 5.97 Å². The smallest absolute Gasteiger partial charge is 0.341 e. The van der Waals surface area contributed by atoms with Crippen LogP contribution in [0.2, 0.25) is 10.0 Å². The third kappa shape index (κ3) is 5.44. The van der Waals surface area contributed by atoms with E-state index in [2.05, 4.69) is 16.0 Å². The van der Waals surface area contributed by atoms with Crippen molar-refractivity contribution in [2.24, 2.45) is 5.41 Å². The van der Waals surface area contributed by atoms with Gasteiger partial charge in [-0.25, -0.2) is 9.18 Å². The largest absolute Gasteiger partial charge is 0.482 e. The first-order chi connectivity index (χ1) is 19.8. The molecule has 0 unspecified atom stereocenters. The molecule has 42 heavy (non-hydrogen) atoms. The molecule has 0 aliphatic carbocycles. The number of carbonyl (C=O) groups is 3. The van der Waals surface area contributed by atoms with E-state index >= 15 is 4.39 Å². The van der Waals surface area contributed by atoms with E-state index in [9.17, 15) is 14.4 Å². The minimum Gasteiger partial charge on any atom is -0.482 e. The van der Waals surface area contributed by atoms with E-state index < -0.39 is 47.7 Å². The topological polar surface area (TPSA) is 117 Å². The zero-order valence-corrected chi connectivity index (χ0v) is 24.6. The third-order valence-electron chi connectivity index (χ3n) is 7.71. The lowest BCUT2D eigenvalue weighted by Gasteiger charge is -2.37. The van der Waals surface area contributed by atoms with Crippen LogP contribution >= 0.6 is 23.2 Å². The van der Waals surface area contributed by atoms with Crippen LogP contribution in [-0.4, -0.2) is 41.6 Å². The van der Waals surface area contributed by atoms with Gasteiger partial charge in [-0.2, -0.15) is 0 Å². The Morgan fingerprint density at radius 3 is 2.48 bits per heavy atom. The summed E-state index contributed by atoms with van der Waals surface area (Å²) in [5, 5.41) is 18.4. The average molecular weight is 615 g/mol. The zero-order chi connectivity index (χ0) is 30.4. The molecule has 4 atom stereocenters. The number of aliphatic carboxylic acids is 1. The monoisotopic (exact) mass is 613 g/mol. The molecule has 3 aromatic carbocycles. The number of ether oxygens (including phenoxy) is 1. The Kier molecular flexibility index (Phi) is 7.96. The number of fused-ring (bicyclic) bond motifs is 2. The quantitative estimate of drug-likeness (QED) is 0.260.